The van der Waals surface area contributed by atoms with Crippen molar-refractivity contribution >= 4 is 0 Å². The first-order valence-corrected chi connectivity index (χ1v) is 19.1. The smallest absolute Gasteiger partial charge is 0.164 e. The van der Waals surface area contributed by atoms with Crippen LogP contribution in [-0.2, 0) is 5.41 Å². The molecule has 56 heavy (non-hydrogen) atoms. The zero-order valence-electron chi connectivity index (χ0n) is 30.8. The summed E-state index contributed by atoms with van der Waals surface area (Å²) in [6.45, 7) is 0. The Hall–Kier alpha value is -7.17. The second-order valence-corrected chi connectivity index (χ2v) is 14.2. The van der Waals surface area contributed by atoms with Crippen LogP contribution in [0.5, 0.6) is 0 Å². The van der Waals surface area contributed by atoms with E-state index in [0.29, 0.717) is 40.5 Å². The van der Waals surface area contributed by atoms with Crippen molar-refractivity contribution in [2.75, 3.05) is 0 Å². The molecule has 0 atom stereocenters. The van der Waals surface area contributed by atoms with Crippen LogP contribution in [0.1, 0.15) is 48.8 Å². The maximum atomic E-state index is 10.6. The summed E-state index contributed by atoms with van der Waals surface area (Å²) in [6.07, 6.45) is 5.04. The van der Waals surface area contributed by atoms with Gasteiger partial charge in [0.1, 0.15) is 0 Å². The number of rotatable bonds is 8. The lowest BCUT2D eigenvalue weighted by molar-refractivity contribution is 0.345. The summed E-state index contributed by atoms with van der Waals surface area (Å²) in [6, 6.07) is 57.2. The topological polar surface area (TPSA) is 101 Å². The quantitative estimate of drug-likeness (QED) is 0.154. The van der Waals surface area contributed by atoms with Gasteiger partial charge in [0.15, 0.2) is 34.9 Å². The van der Waals surface area contributed by atoms with Gasteiger partial charge in [-0.2, -0.15) is 5.26 Å². The van der Waals surface area contributed by atoms with Gasteiger partial charge in [-0.1, -0.05) is 159 Å². The highest BCUT2D eigenvalue weighted by Crippen LogP contribution is 2.47. The molecule has 0 saturated heterocycles. The fourth-order valence-electron chi connectivity index (χ4n) is 7.88. The Bertz CT molecular complexity index is 2550. The number of benzene rings is 6. The van der Waals surface area contributed by atoms with E-state index in [1.165, 1.54) is 0 Å². The van der Waals surface area contributed by atoms with E-state index in [0.717, 1.165) is 76.6 Å². The highest BCUT2D eigenvalue weighted by molar-refractivity contribution is 5.70. The molecular formula is C49H37N7. The predicted octanol–water partition coefficient (Wildman–Crippen LogP) is 11.2. The molecule has 0 amide bonds. The standard InChI is InChI=1S/C49H37N7/c50-33-40-28-27-39(48-55-45(36-21-10-3-11-22-36)52-46(56-48)37-23-12-4-13-24-37)32-42(40)49(29-14-5-15-30-49)41-26-16-25-38(31-41)47-53-43(34-17-6-1-7-18-34)51-44(54-47)35-19-8-2-9-20-35/h1-4,6-13,16-28,31-32H,5,14-15,29-30H2. The molecule has 7 heteroatoms. The van der Waals surface area contributed by atoms with Crippen LogP contribution in [0.4, 0.5) is 0 Å². The van der Waals surface area contributed by atoms with Crippen molar-refractivity contribution in [3.05, 3.63) is 180 Å². The van der Waals surface area contributed by atoms with Crippen LogP contribution in [0.2, 0.25) is 0 Å². The summed E-state index contributed by atoms with van der Waals surface area (Å²) >= 11 is 0. The summed E-state index contributed by atoms with van der Waals surface area (Å²) in [5.41, 5.74) is 7.76. The molecule has 268 valence electrons. The maximum absolute atomic E-state index is 10.6. The van der Waals surface area contributed by atoms with E-state index in [1.807, 2.05) is 133 Å². The SMILES string of the molecule is N#Cc1ccc(-c2nc(-c3ccccc3)nc(-c3ccccc3)n2)cc1C1(c2cccc(-c3nc(-c4ccccc4)nc(-c4ccccc4)n3)c2)CCCCC1. The molecule has 0 spiro atoms. The third kappa shape index (κ3) is 6.85. The normalized spacial score (nSPS) is 13.5. The Morgan fingerprint density at radius 2 is 0.750 bits per heavy atom. The second-order valence-electron chi connectivity index (χ2n) is 14.2. The summed E-state index contributed by atoms with van der Waals surface area (Å²) in [5.74, 6) is 3.61. The molecule has 0 N–H and O–H groups in total. The molecule has 1 fully saturated rings. The third-order valence-corrected chi connectivity index (χ3v) is 10.7. The van der Waals surface area contributed by atoms with Gasteiger partial charge in [0.2, 0.25) is 0 Å². The average molecular weight is 724 g/mol. The Morgan fingerprint density at radius 3 is 1.16 bits per heavy atom. The second kappa shape index (κ2) is 15.3. The van der Waals surface area contributed by atoms with E-state index in [4.69, 9.17) is 29.9 Å². The molecule has 1 aliphatic carbocycles. The van der Waals surface area contributed by atoms with Crippen LogP contribution < -0.4 is 0 Å². The minimum Gasteiger partial charge on any atom is -0.208 e. The van der Waals surface area contributed by atoms with Crippen LogP contribution >= 0.6 is 0 Å². The van der Waals surface area contributed by atoms with Gasteiger partial charge in [-0.25, -0.2) is 29.9 Å². The number of hydrogen-bond donors (Lipinski definition) is 0. The predicted molar refractivity (Wildman–Crippen MR) is 221 cm³/mol. The minimum absolute atomic E-state index is 0.426. The molecule has 8 aromatic rings. The fourth-order valence-corrected chi connectivity index (χ4v) is 7.88. The molecule has 0 unspecified atom stereocenters. The summed E-state index contributed by atoms with van der Waals surface area (Å²) in [4.78, 5) is 30.0. The van der Waals surface area contributed by atoms with E-state index in [9.17, 15) is 5.26 Å². The zero-order chi connectivity index (χ0) is 37.7. The average Bonchev–Trinajstić information content (AvgIpc) is 3.30. The van der Waals surface area contributed by atoms with Gasteiger partial charge in [0, 0.05) is 38.8 Å². The molecule has 0 bridgehead atoms. The monoisotopic (exact) mass is 723 g/mol. The molecule has 6 aromatic carbocycles. The summed E-state index contributed by atoms with van der Waals surface area (Å²) in [5, 5.41) is 10.6. The first-order valence-electron chi connectivity index (χ1n) is 19.1. The van der Waals surface area contributed by atoms with E-state index in [2.05, 4.69) is 36.4 Å². The van der Waals surface area contributed by atoms with Crippen molar-refractivity contribution in [3.63, 3.8) is 0 Å². The van der Waals surface area contributed by atoms with E-state index >= 15 is 0 Å². The van der Waals surface area contributed by atoms with E-state index in [1.54, 1.807) is 0 Å². The van der Waals surface area contributed by atoms with Crippen LogP contribution in [0.15, 0.2) is 164 Å². The molecule has 0 aliphatic heterocycles. The van der Waals surface area contributed by atoms with Crippen LogP contribution in [0, 0.1) is 11.3 Å². The molecule has 1 aliphatic rings. The van der Waals surface area contributed by atoms with Gasteiger partial charge in [0.25, 0.3) is 0 Å². The van der Waals surface area contributed by atoms with Crippen LogP contribution in [0.25, 0.3) is 68.3 Å². The lowest BCUT2D eigenvalue weighted by atomic mass is 9.64. The Kier molecular flexibility index (Phi) is 9.44. The molecule has 1 saturated carbocycles. The zero-order valence-corrected chi connectivity index (χ0v) is 30.8. The largest absolute Gasteiger partial charge is 0.208 e. The Morgan fingerprint density at radius 1 is 0.375 bits per heavy atom. The number of hydrogen-bond acceptors (Lipinski definition) is 7. The summed E-state index contributed by atoms with van der Waals surface area (Å²) in [7, 11) is 0. The van der Waals surface area contributed by atoms with Gasteiger partial charge in [0.05, 0.1) is 11.6 Å². The number of aromatic nitrogens is 6. The van der Waals surface area contributed by atoms with Gasteiger partial charge >= 0.3 is 0 Å². The van der Waals surface area contributed by atoms with Gasteiger partial charge in [-0.15, -0.1) is 0 Å². The molecular weight excluding hydrogens is 687 g/mol. The van der Waals surface area contributed by atoms with Crippen LogP contribution in [0.3, 0.4) is 0 Å². The maximum Gasteiger partial charge on any atom is 0.164 e. The molecule has 0 radical (unpaired) electrons. The van der Waals surface area contributed by atoms with E-state index in [-0.39, 0.29) is 0 Å². The minimum atomic E-state index is -0.426. The molecule has 9 rings (SSSR count). The molecule has 2 aromatic heterocycles. The number of nitriles is 1. The van der Waals surface area contributed by atoms with Crippen molar-refractivity contribution in [2.45, 2.75) is 37.5 Å². The molecule has 7 nitrogen and oxygen atoms in total. The lowest BCUT2D eigenvalue weighted by Crippen LogP contribution is -2.31. The van der Waals surface area contributed by atoms with Crippen molar-refractivity contribution in [1.29, 1.82) is 5.26 Å². The van der Waals surface area contributed by atoms with Crippen molar-refractivity contribution in [2.24, 2.45) is 0 Å². The van der Waals surface area contributed by atoms with Crippen molar-refractivity contribution < 1.29 is 0 Å². The Balaban J connectivity index is 1.19. The third-order valence-electron chi connectivity index (χ3n) is 10.7. The fraction of sp³-hybridized carbons (Fsp3) is 0.122. The highest BCUT2D eigenvalue weighted by Gasteiger charge is 2.38. The first-order chi connectivity index (χ1) is 27.7. The Labute approximate surface area is 326 Å². The van der Waals surface area contributed by atoms with E-state index < -0.39 is 5.41 Å². The lowest BCUT2D eigenvalue weighted by Gasteiger charge is -2.39. The van der Waals surface area contributed by atoms with Gasteiger partial charge in [-0.05, 0) is 48.2 Å². The molecule has 2 heterocycles. The van der Waals surface area contributed by atoms with Crippen LogP contribution in [-0.4, -0.2) is 29.9 Å². The van der Waals surface area contributed by atoms with Gasteiger partial charge < -0.3 is 0 Å². The number of nitrogens with zero attached hydrogens (tertiary/aromatic N) is 7. The highest BCUT2D eigenvalue weighted by atomic mass is 15.0. The summed E-state index contributed by atoms with van der Waals surface area (Å²) < 4.78 is 0. The van der Waals surface area contributed by atoms with Gasteiger partial charge in [-0.3, -0.25) is 0 Å². The van der Waals surface area contributed by atoms with Crippen molar-refractivity contribution in [1.82, 2.24) is 29.9 Å². The first kappa shape index (κ1) is 34.6. The van der Waals surface area contributed by atoms with Crippen molar-refractivity contribution in [3.8, 4) is 74.4 Å².